The lowest BCUT2D eigenvalue weighted by Crippen LogP contribution is -2.15. The van der Waals surface area contributed by atoms with Crippen LogP contribution >= 0.6 is 0 Å². The fourth-order valence-electron chi connectivity index (χ4n) is 2.22. The second kappa shape index (κ2) is 4.34. The zero-order valence-electron chi connectivity index (χ0n) is 9.79. The predicted molar refractivity (Wildman–Crippen MR) is 67.6 cm³/mol. The first-order valence-electron chi connectivity index (χ1n) is 6.16. The highest BCUT2D eigenvalue weighted by Crippen LogP contribution is 2.36. The lowest BCUT2D eigenvalue weighted by Gasteiger charge is -2.13. The van der Waals surface area contributed by atoms with Gasteiger partial charge in [0.15, 0.2) is 0 Å². The largest absolute Gasteiger partial charge is 0.331 e. The van der Waals surface area contributed by atoms with Crippen LogP contribution in [0.5, 0.6) is 0 Å². The Balaban J connectivity index is 1.76. The maximum absolute atomic E-state index is 6.23. The van der Waals surface area contributed by atoms with Crippen molar-refractivity contribution in [3.05, 3.63) is 54.1 Å². The molecule has 1 aromatic carbocycles. The predicted octanol–water partition coefficient (Wildman–Crippen LogP) is 2.46. The summed E-state index contributed by atoms with van der Waals surface area (Å²) in [6.45, 7) is 0. The van der Waals surface area contributed by atoms with Gasteiger partial charge < -0.3 is 10.3 Å². The van der Waals surface area contributed by atoms with Crippen LogP contribution in [0, 0.1) is 0 Å². The summed E-state index contributed by atoms with van der Waals surface area (Å²) < 4.78 is 2.28. The summed E-state index contributed by atoms with van der Waals surface area (Å²) in [5.41, 5.74) is 8.68. The smallest absolute Gasteiger partial charge is 0.0950 e. The first-order valence-corrected chi connectivity index (χ1v) is 6.16. The molecule has 1 atom stereocenters. The van der Waals surface area contributed by atoms with Crippen molar-refractivity contribution in [3.63, 3.8) is 0 Å². The lowest BCUT2D eigenvalue weighted by molar-refractivity contribution is 0.635. The quantitative estimate of drug-likeness (QED) is 0.872. The van der Waals surface area contributed by atoms with Gasteiger partial charge in [-0.15, -0.1) is 0 Å². The summed E-state index contributed by atoms with van der Waals surface area (Å²) in [7, 11) is 0. The van der Waals surface area contributed by atoms with E-state index in [0.29, 0.717) is 6.04 Å². The average molecular weight is 227 g/mol. The minimum atomic E-state index is 0.0606. The van der Waals surface area contributed by atoms with Crippen LogP contribution in [0.1, 0.15) is 36.2 Å². The third-order valence-corrected chi connectivity index (χ3v) is 3.34. The summed E-state index contributed by atoms with van der Waals surface area (Å²) >= 11 is 0. The highest BCUT2D eigenvalue weighted by atomic mass is 15.1. The van der Waals surface area contributed by atoms with Crippen LogP contribution in [0.3, 0.4) is 0 Å². The number of benzene rings is 1. The van der Waals surface area contributed by atoms with Crippen LogP contribution in [0.2, 0.25) is 0 Å². The van der Waals surface area contributed by atoms with Gasteiger partial charge in [0.1, 0.15) is 0 Å². The van der Waals surface area contributed by atoms with Gasteiger partial charge in [-0.1, -0.05) is 30.3 Å². The van der Waals surface area contributed by atoms with Crippen molar-refractivity contribution in [1.29, 1.82) is 0 Å². The van der Waals surface area contributed by atoms with Crippen LogP contribution in [0.15, 0.2) is 42.9 Å². The van der Waals surface area contributed by atoms with Gasteiger partial charge in [0, 0.05) is 30.4 Å². The molecule has 3 rings (SSSR count). The first-order chi connectivity index (χ1) is 8.34. The van der Waals surface area contributed by atoms with E-state index < -0.39 is 0 Å². The van der Waals surface area contributed by atoms with Crippen molar-refractivity contribution in [3.8, 4) is 0 Å². The number of imidazole rings is 1. The molecule has 0 saturated heterocycles. The molecule has 3 heteroatoms. The Morgan fingerprint density at radius 3 is 2.76 bits per heavy atom. The second-order valence-corrected chi connectivity index (χ2v) is 4.74. The molecule has 0 aliphatic heterocycles. The van der Waals surface area contributed by atoms with E-state index in [0.717, 1.165) is 6.42 Å². The molecular weight excluding hydrogens is 210 g/mol. The fraction of sp³-hybridized carbons (Fsp3) is 0.357. The molecule has 1 unspecified atom stereocenters. The third-order valence-electron chi connectivity index (χ3n) is 3.34. The van der Waals surface area contributed by atoms with Crippen molar-refractivity contribution in [2.75, 3.05) is 0 Å². The number of hydrogen-bond acceptors (Lipinski definition) is 2. The Morgan fingerprint density at radius 1 is 1.29 bits per heavy atom. The van der Waals surface area contributed by atoms with E-state index in [9.17, 15) is 0 Å². The molecule has 2 aromatic rings. The van der Waals surface area contributed by atoms with Crippen LogP contribution in [0.25, 0.3) is 0 Å². The molecule has 2 N–H and O–H groups in total. The summed E-state index contributed by atoms with van der Waals surface area (Å²) in [5.74, 6) is 0. The van der Waals surface area contributed by atoms with Gasteiger partial charge in [0.25, 0.3) is 0 Å². The normalized spacial score (nSPS) is 17.0. The molecule has 0 bridgehead atoms. The number of nitrogens with two attached hydrogens (primary N) is 1. The van der Waals surface area contributed by atoms with E-state index in [4.69, 9.17) is 5.73 Å². The van der Waals surface area contributed by atoms with Crippen molar-refractivity contribution < 1.29 is 0 Å². The van der Waals surface area contributed by atoms with E-state index in [-0.39, 0.29) is 6.04 Å². The Hall–Kier alpha value is -1.61. The second-order valence-electron chi connectivity index (χ2n) is 4.74. The van der Waals surface area contributed by atoms with E-state index >= 15 is 0 Å². The van der Waals surface area contributed by atoms with Gasteiger partial charge in [-0.2, -0.15) is 0 Å². The molecule has 1 saturated carbocycles. The highest BCUT2D eigenvalue weighted by Gasteiger charge is 2.25. The van der Waals surface area contributed by atoms with Crippen molar-refractivity contribution in [1.82, 2.24) is 9.55 Å². The maximum atomic E-state index is 6.23. The minimum absolute atomic E-state index is 0.0606. The van der Waals surface area contributed by atoms with Crippen LogP contribution in [0.4, 0.5) is 0 Å². The van der Waals surface area contributed by atoms with Gasteiger partial charge in [-0.25, -0.2) is 4.98 Å². The summed E-state index contributed by atoms with van der Waals surface area (Å²) in [5, 5.41) is 0. The first kappa shape index (κ1) is 10.5. The zero-order valence-corrected chi connectivity index (χ0v) is 9.79. The summed E-state index contributed by atoms with van der Waals surface area (Å²) in [6, 6.07) is 11.0. The highest BCUT2D eigenvalue weighted by molar-refractivity contribution is 5.20. The molecule has 1 fully saturated rings. The molecule has 1 aliphatic rings. The summed E-state index contributed by atoms with van der Waals surface area (Å²) in [4.78, 5) is 4.24. The molecular formula is C14H17N3. The number of aromatic nitrogens is 2. The SMILES string of the molecule is NC(Cc1cncn1C1CC1)c1ccccc1. The molecule has 17 heavy (non-hydrogen) atoms. The molecule has 3 nitrogen and oxygen atoms in total. The van der Waals surface area contributed by atoms with Gasteiger partial charge in [0.2, 0.25) is 0 Å². The van der Waals surface area contributed by atoms with E-state index in [1.807, 2.05) is 30.7 Å². The van der Waals surface area contributed by atoms with E-state index in [2.05, 4.69) is 21.7 Å². The summed E-state index contributed by atoms with van der Waals surface area (Å²) in [6.07, 6.45) is 7.31. The van der Waals surface area contributed by atoms with Gasteiger partial charge in [-0.3, -0.25) is 0 Å². The average Bonchev–Trinajstić information content (AvgIpc) is 3.11. The molecule has 88 valence electrons. The van der Waals surface area contributed by atoms with Gasteiger partial charge >= 0.3 is 0 Å². The molecule has 1 aliphatic carbocycles. The molecule has 1 heterocycles. The Labute approximate surface area is 101 Å². The molecule has 0 spiro atoms. The standard InChI is InChI=1S/C14H17N3/c15-14(11-4-2-1-3-5-11)8-13-9-16-10-17(13)12-6-7-12/h1-5,9-10,12,14H,6-8,15H2. The Bertz CT molecular complexity index is 485. The van der Waals surface area contributed by atoms with Crippen LogP contribution in [-0.2, 0) is 6.42 Å². The lowest BCUT2D eigenvalue weighted by atomic mass is 10.0. The zero-order chi connectivity index (χ0) is 11.7. The van der Waals surface area contributed by atoms with E-state index in [1.54, 1.807) is 0 Å². The molecule has 1 aromatic heterocycles. The van der Waals surface area contributed by atoms with Crippen molar-refractivity contribution >= 4 is 0 Å². The Kier molecular flexibility index (Phi) is 2.69. The molecule has 0 amide bonds. The maximum Gasteiger partial charge on any atom is 0.0950 e. The monoisotopic (exact) mass is 227 g/mol. The number of hydrogen-bond donors (Lipinski definition) is 1. The van der Waals surface area contributed by atoms with Crippen LogP contribution < -0.4 is 5.73 Å². The minimum Gasteiger partial charge on any atom is -0.331 e. The Morgan fingerprint density at radius 2 is 2.06 bits per heavy atom. The van der Waals surface area contributed by atoms with Crippen molar-refractivity contribution in [2.45, 2.75) is 31.3 Å². The fourth-order valence-corrected chi connectivity index (χ4v) is 2.22. The third kappa shape index (κ3) is 2.24. The van der Waals surface area contributed by atoms with E-state index in [1.165, 1.54) is 24.1 Å². The molecule has 0 radical (unpaired) electrons. The van der Waals surface area contributed by atoms with Gasteiger partial charge in [-0.05, 0) is 18.4 Å². The topological polar surface area (TPSA) is 43.8 Å². The van der Waals surface area contributed by atoms with Crippen molar-refractivity contribution in [2.24, 2.45) is 5.73 Å². The van der Waals surface area contributed by atoms with Gasteiger partial charge in [0.05, 0.1) is 6.33 Å². The number of rotatable bonds is 4. The number of nitrogens with zero attached hydrogens (tertiary/aromatic N) is 2. The van der Waals surface area contributed by atoms with Crippen LogP contribution in [-0.4, -0.2) is 9.55 Å².